The SMILES string of the molecule is CSCC[C@H](NC(=O)[C@H](CC(C)C)NC(=O)[C@H](C)NC(=O)[C@H](CCCNC(=N)N)NC(=O)[C@@H]1CCCN1C(=O)[C@H](CC(C)C)NC(=O)[C@H](Cc1cnc[nH]1)NC(=O)[C@@H]1CCCN1C(=O)[C@H](Cc1cnc[nH]1)NC(=O)[C@@H](NC(=O)[C@@H](NC(=O)[C@H](CCCNC(=N)N)NC(=O)[C@H](CS)NC(=O)[C@@H](N)CCC(N)=O)C(C)C)[C@@H](C)O)C(=O)N[C@@H](CCCNC(=N)N)C(=O)N[C@@H](CO)C(=O)O. The number of carboxylic acid groups (broad SMARTS) is 1. The highest BCUT2D eigenvalue weighted by Crippen LogP contribution is 2.24. The number of carbonyl (C=O) groups excluding carboxylic acids is 16. The van der Waals surface area contributed by atoms with Crippen LogP contribution in [0.2, 0.25) is 0 Å². The molecule has 738 valence electrons. The number of aliphatic hydroxyl groups excluding tert-OH is 2. The van der Waals surface area contributed by atoms with E-state index in [0.717, 1.165) is 0 Å². The van der Waals surface area contributed by atoms with E-state index in [1.165, 1.54) is 60.5 Å². The van der Waals surface area contributed by atoms with Crippen molar-refractivity contribution in [2.24, 2.45) is 46.4 Å². The molecule has 0 aliphatic carbocycles. The number of nitrogens with two attached hydrogens (primary N) is 5. The Kier molecular flexibility index (Phi) is 48.6. The number of nitrogens with one attached hydrogen (secondary N) is 21. The molecule has 0 aromatic carbocycles. The molecule has 4 heterocycles. The van der Waals surface area contributed by atoms with Gasteiger partial charge in [-0.15, -0.1) is 0 Å². The summed E-state index contributed by atoms with van der Waals surface area (Å²) in [6.07, 6.45) is 5.14. The van der Waals surface area contributed by atoms with E-state index in [0.29, 0.717) is 17.1 Å². The number of hydrogen-bond donors (Lipinski definition) is 30. The van der Waals surface area contributed by atoms with Gasteiger partial charge in [-0.3, -0.25) is 92.9 Å². The Hall–Kier alpha value is -12.2. The highest BCUT2D eigenvalue weighted by Gasteiger charge is 2.45. The Morgan fingerprint density at radius 3 is 1.29 bits per heavy atom. The standard InChI is InChI=1S/C80H136N30O20S2/c1-39(2)29-51(68(120)99-50(22-28-132-9)66(118)97-48(16-11-24-92-79(85)86)65(117)105-55(35-111)77(129)130)101-62(114)42(7)96-64(116)47(15-10-23-91-78(83)84)100-71(123)57-18-13-26-109(57)75(127)53(30-40(3)4)103-69(121)52(31-44-33-89-37-94-44)102-72(124)58-19-14-27-110(58)76(128)54(32-45-34-90-38-95-45)104-74(126)61(43(8)112)108-73(125)60(41(5)6)107-67(119)49(17-12-25-93-80(87)88)98-70(122)56(36-131)106-63(115)46(81)20-21-59(82)113/h33-34,37-43,46-58,60-61,111-112,131H,10-32,35-36,81H2,1-9H3,(H2,82,113)(H,89,94)(H,90,95)(H,96,116)(H,97,118)(H,98,122)(H,99,120)(H,100,123)(H,101,114)(H,102,124)(H,103,121)(H,104,126)(H,105,117)(H,106,115)(H,107,119)(H,108,125)(H,129,130)(H4,83,84,91)(H4,85,86,92)(H4,87,88,93)/t42-,43+,46-,47-,48-,49-,50-,51-,52-,53-,54-,55-,56-,57-,58-,60-,61-/m0/s1. The van der Waals surface area contributed by atoms with Crippen molar-refractivity contribution in [3.63, 3.8) is 0 Å². The monoisotopic (exact) mass is 1900 g/mol. The van der Waals surface area contributed by atoms with Gasteiger partial charge in [0.2, 0.25) is 94.5 Å². The number of carbonyl (C=O) groups is 17. The van der Waals surface area contributed by atoms with Gasteiger partial charge in [-0.1, -0.05) is 41.5 Å². The van der Waals surface area contributed by atoms with E-state index in [2.05, 4.69) is 118 Å². The number of aromatic nitrogens is 4. The van der Waals surface area contributed by atoms with Gasteiger partial charge >= 0.3 is 5.97 Å². The molecular weight excluding hydrogens is 1770 g/mol. The van der Waals surface area contributed by atoms with Gasteiger partial charge in [-0.2, -0.15) is 24.4 Å². The van der Waals surface area contributed by atoms with Crippen LogP contribution in [0, 0.1) is 34.0 Å². The minimum atomic E-state index is -1.84. The predicted octanol–water partition coefficient (Wildman–Crippen LogP) is -8.51. The van der Waals surface area contributed by atoms with Crippen molar-refractivity contribution < 1.29 is 96.8 Å². The van der Waals surface area contributed by atoms with Crippen LogP contribution in [0.1, 0.15) is 163 Å². The van der Waals surface area contributed by atoms with E-state index in [1.54, 1.807) is 47.8 Å². The van der Waals surface area contributed by atoms with Gasteiger partial charge in [0.15, 0.2) is 17.9 Å². The fourth-order valence-electron chi connectivity index (χ4n) is 14.3. The van der Waals surface area contributed by atoms with Gasteiger partial charge < -0.3 is 149 Å². The Bertz CT molecular complexity index is 4230. The molecular formula is C80H136N30O20S2. The minimum absolute atomic E-state index is 0.000386. The van der Waals surface area contributed by atoms with Crippen molar-refractivity contribution in [3.05, 3.63) is 36.4 Å². The summed E-state index contributed by atoms with van der Waals surface area (Å²) >= 11 is 5.52. The van der Waals surface area contributed by atoms with E-state index < -0.39 is 222 Å². The zero-order valence-corrected chi connectivity index (χ0v) is 77.6. The molecule has 0 bridgehead atoms. The quantitative estimate of drug-likeness (QED) is 0.0127. The lowest BCUT2D eigenvalue weighted by Gasteiger charge is -2.32. The number of thioether (sulfide) groups is 1. The van der Waals surface area contributed by atoms with Crippen molar-refractivity contribution >= 4 is 143 Å². The molecule has 0 radical (unpaired) electrons. The molecule has 17 atom stereocenters. The average molecular weight is 1900 g/mol. The van der Waals surface area contributed by atoms with Crippen molar-refractivity contribution in [1.82, 2.24) is 115 Å². The Balaban J connectivity index is 1.57. The van der Waals surface area contributed by atoms with Gasteiger partial charge in [0, 0.05) is 81.5 Å². The number of rotatable bonds is 59. The molecule has 132 heavy (non-hydrogen) atoms. The van der Waals surface area contributed by atoms with Crippen LogP contribution in [0.4, 0.5) is 0 Å². The molecule has 0 unspecified atom stereocenters. The number of nitrogens with zero attached hydrogens (tertiary/aromatic N) is 4. The molecule has 2 aromatic heterocycles. The second-order valence-corrected chi connectivity index (χ2v) is 34.9. The van der Waals surface area contributed by atoms with Crippen molar-refractivity contribution in [3.8, 4) is 0 Å². The summed E-state index contributed by atoms with van der Waals surface area (Å²) in [5, 5.41) is 94.5. The van der Waals surface area contributed by atoms with Crippen LogP contribution in [0.15, 0.2) is 25.0 Å². The number of hydrogen-bond acceptors (Lipinski definition) is 27. The van der Waals surface area contributed by atoms with E-state index in [9.17, 15) is 82.4 Å². The highest BCUT2D eigenvalue weighted by molar-refractivity contribution is 7.98. The topological polar surface area (TPSA) is 809 Å². The van der Waals surface area contributed by atoms with Crippen LogP contribution in [0.25, 0.3) is 0 Å². The maximum atomic E-state index is 15.1. The zero-order chi connectivity index (χ0) is 98.8. The molecule has 2 aromatic rings. The van der Waals surface area contributed by atoms with E-state index in [4.69, 9.17) is 44.9 Å². The third-order valence-electron chi connectivity index (χ3n) is 21.4. The lowest BCUT2D eigenvalue weighted by molar-refractivity contribution is -0.144. The molecule has 52 heteroatoms. The second kappa shape index (κ2) is 57.2. The van der Waals surface area contributed by atoms with E-state index in [1.807, 2.05) is 0 Å². The maximum Gasteiger partial charge on any atom is 0.328 e. The van der Waals surface area contributed by atoms with Crippen molar-refractivity contribution in [2.75, 3.05) is 57.1 Å². The summed E-state index contributed by atoms with van der Waals surface area (Å²) < 4.78 is 0. The number of aliphatic hydroxyl groups is 2. The average Bonchev–Trinajstić information content (AvgIpc) is 1.66. The number of guanidine groups is 3. The van der Waals surface area contributed by atoms with Gasteiger partial charge in [0.25, 0.3) is 0 Å². The molecule has 34 N–H and O–H groups in total. The Morgan fingerprint density at radius 1 is 0.477 bits per heavy atom. The maximum absolute atomic E-state index is 15.1. The molecule has 0 spiro atoms. The third kappa shape index (κ3) is 38.7. The van der Waals surface area contributed by atoms with Crippen LogP contribution < -0.4 is 114 Å². The van der Waals surface area contributed by atoms with Gasteiger partial charge in [0.05, 0.1) is 31.4 Å². The van der Waals surface area contributed by atoms with Crippen molar-refractivity contribution in [2.45, 2.75) is 267 Å². The van der Waals surface area contributed by atoms with Gasteiger partial charge in [0.1, 0.15) is 90.6 Å². The van der Waals surface area contributed by atoms with Gasteiger partial charge in [-0.05, 0) is 134 Å². The third-order valence-corrected chi connectivity index (χ3v) is 22.4. The number of imidazole rings is 2. The van der Waals surface area contributed by atoms with Crippen LogP contribution in [-0.2, 0) is 94.3 Å². The van der Waals surface area contributed by atoms with Crippen LogP contribution in [-0.4, -0.2) is 323 Å². The van der Waals surface area contributed by atoms with E-state index in [-0.39, 0.29) is 171 Å². The lowest BCUT2D eigenvalue weighted by atomic mass is 10.0. The number of aliphatic carboxylic acids is 1. The highest BCUT2D eigenvalue weighted by atomic mass is 32.2. The van der Waals surface area contributed by atoms with Crippen LogP contribution in [0.5, 0.6) is 0 Å². The first-order valence-electron chi connectivity index (χ1n) is 43.7. The molecule has 2 aliphatic rings. The summed E-state index contributed by atoms with van der Waals surface area (Å²) in [4.78, 5) is 255. The van der Waals surface area contributed by atoms with Crippen LogP contribution >= 0.6 is 24.4 Å². The molecule has 2 saturated heterocycles. The Labute approximate surface area is 774 Å². The number of aromatic amines is 2. The molecule has 2 aliphatic heterocycles. The fraction of sp³-hybridized carbons (Fsp3) is 0.675. The lowest BCUT2D eigenvalue weighted by Crippen LogP contribution is -2.63. The molecule has 4 rings (SSSR count). The first-order valence-corrected chi connectivity index (χ1v) is 45.7. The van der Waals surface area contributed by atoms with E-state index >= 15 is 14.4 Å². The van der Waals surface area contributed by atoms with Crippen molar-refractivity contribution in [1.29, 1.82) is 16.2 Å². The smallest absolute Gasteiger partial charge is 0.328 e. The normalized spacial score (nSPS) is 17.0. The minimum Gasteiger partial charge on any atom is -0.480 e. The molecule has 16 amide bonds. The zero-order valence-electron chi connectivity index (χ0n) is 75.8. The number of thiol groups is 1. The summed E-state index contributed by atoms with van der Waals surface area (Å²) in [6.45, 7) is 11.8. The number of H-pyrrole nitrogens is 2. The summed E-state index contributed by atoms with van der Waals surface area (Å²) in [5.41, 5.74) is 28.2. The molecule has 2 fully saturated rings. The molecule has 50 nitrogen and oxygen atoms in total. The summed E-state index contributed by atoms with van der Waals surface area (Å²) in [7, 11) is 0. The number of likely N-dealkylation sites (tertiary alicyclic amines) is 2. The van der Waals surface area contributed by atoms with Gasteiger partial charge in [-0.25, -0.2) is 14.8 Å². The number of carboxylic acids is 1. The number of primary amides is 1. The second-order valence-electron chi connectivity index (χ2n) is 33.5. The summed E-state index contributed by atoms with van der Waals surface area (Å²) in [5.74, 6) is -17.9. The largest absolute Gasteiger partial charge is 0.480 e. The van der Waals surface area contributed by atoms with Crippen LogP contribution in [0.3, 0.4) is 0 Å². The number of amides is 16. The predicted molar refractivity (Wildman–Crippen MR) is 486 cm³/mol. The Morgan fingerprint density at radius 2 is 0.856 bits per heavy atom. The first kappa shape index (κ1) is 112. The fourth-order valence-corrected chi connectivity index (χ4v) is 15.0. The molecule has 0 saturated carbocycles. The summed E-state index contributed by atoms with van der Waals surface area (Å²) in [6, 6.07) is -23.0. The first-order chi connectivity index (χ1) is 62.3.